The van der Waals surface area contributed by atoms with Crippen molar-refractivity contribution >= 4 is 55.3 Å². The second-order valence-corrected chi connectivity index (χ2v) is 6.02. The third-order valence-corrected chi connectivity index (χ3v) is 4.54. The molecule has 0 bridgehead atoms. The van der Waals surface area contributed by atoms with Gasteiger partial charge in [-0.25, -0.2) is 0 Å². The monoisotopic (exact) mass is 416 g/mol. The number of non-ortho nitro benzene ring substituents is 4. The van der Waals surface area contributed by atoms with Gasteiger partial charge in [0.15, 0.2) is 0 Å². The molecule has 16 heteroatoms. The van der Waals surface area contributed by atoms with Crippen LogP contribution in [0.2, 0.25) is 0 Å². The number of aromatic nitrogens is 2. The van der Waals surface area contributed by atoms with Crippen molar-refractivity contribution in [2.75, 3.05) is 0 Å². The van der Waals surface area contributed by atoms with Gasteiger partial charge in [-0.05, 0) is 0 Å². The highest BCUT2D eigenvalue weighted by atomic mass is 16.6. The third-order valence-electron chi connectivity index (χ3n) is 4.54. The first-order valence-corrected chi connectivity index (χ1v) is 7.67. The molecule has 0 aliphatic carbocycles. The van der Waals surface area contributed by atoms with Gasteiger partial charge in [0, 0.05) is 10.8 Å². The van der Waals surface area contributed by atoms with Gasteiger partial charge >= 0.3 is 0 Å². The maximum atomic E-state index is 12.6. The Hall–Kier alpha value is -5.02. The molecule has 4 aromatic rings. The molecule has 2 heterocycles. The molecule has 2 aromatic heterocycles. The van der Waals surface area contributed by atoms with Crippen LogP contribution in [0, 0.1) is 40.5 Å². The topological polar surface area (TPSA) is 238 Å². The average molecular weight is 416 g/mol. The van der Waals surface area contributed by atoms with Gasteiger partial charge in [0.1, 0.15) is 21.8 Å². The molecule has 0 amide bonds. The van der Waals surface area contributed by atoms with Gasteiger partial charge in [0.25, 0.3) is 33.9 Å². The zero-order chi connectivity index (χ0) is 22.1. The molecule has 16 nitrogen and oxygen atoms in total. The number of nitro benzene ring substituents is 4. The van der Waals surface area contributed by atoms with Crippen molar-refractivity contribution in [3.8, 4) is 0 Å². The summed E-state index contributed by atoms with van der Waals surface area (Å²) >= 11 is 0. The summed E-state index contributed by atoms with van der Waals surface area (Å²) in [5.74, 6) is 0. The third kappa shape index (κ3) is 2.20. The first kappa shape index (κ1) is 18.3. The molecule has 0 saturated heterocycles. The van der Waals surface area contributed by atoms with Crippen molar-refractivity contribution in [1.82, 2.24) is 9.97 Å². The summed E-state index contributed by atoms with van der Waals surface area (Å²) in [7, 11) is 0. The standard InChI is InChI=1S/C14H4N6O10/c21-13-7-3(17(23)24)1-5(19(27)28)11-9(7)10-8(14(22)15-11)4(18(25)26)2-6(20(29)30)12(10)16-13/h1-2H,(H,15,22)(H,16,21). The number of aromatic amines is 2. The Morgan fingerprint density at radius 2 is 0.833 bits per heavy atom. The average Bonchev–Trinajstić information content (AvgIpc) is 2.65. The molecule has 0 atom stereocenters. The maximum Gasteiger partial charge on any atom is 0.300 e. The Bertz CT molecular complexity index is 1480. The molecular weight excluding hydrogens is 412 g/mol. The van der Waals surface area contributed by atoms with Crippen LogP contribution in [-0.2, 0) is 0 Å². The van der Waals surface area contributed by atoms with Crippen LogP contribution in [0.25, 0.3) is 32.6 Å². The number of hydrogen-bond acceptors (Lipinski definition) is 10. The highest BCUT2D eigenvalue weighted by Crippen LogP contribution is 2.42. The summed E-state index contributed by atoms with van der Waals surface area (Å²) in [5, 5.41) is 43.1. The molecule has 150 valence electrons. The van der Waals surface area contributed by atoms with Crippen LogP contribution in [0.1, 0.15) is 0 Å². The van der Waals surface area contributed by atoms with E-state index in [1.54, 1.807) is 0 Å². The van der Waals surface area contributed by atoms with Crippen LogP contribution in [0.4, 0.5) is 22.7 Å². The van der Waals surface area contributed by atoms with Crippen LogP contribution in [0.15, 0.2) is 21.7 Å². The highest BCUT2D eigenvalue weighted by molar-refractivity contribution is 6.26. The summed E-state index contributed by atoms with van der Waals surface area (Å²) in [6.45, 7) is 0. The molecule has 4 rings (SSSR count). The number of rotatable bonds is 4. The van der Waals surface area contributed by atoms with Crippen LogP contribution in [0.3, 0.4) is 0 Å². The van der Waals surface area contributed by atoms with E-state index in [-0.39, 0.29) is 0 Å². The van der Waals surface area contributed by atoms with E-state index in [1.807, 2.05) is 9.97 Å². The number of nitro groups is 4. The van der Waals surface area contributed by atoms with Crippen molar-refractivity contribution < 1.29 is 19.7 Å². The van der Waals surface area contributed by atoms with Crippen LogP contribution < -0.4 is 11.1 Å². The fourth-order valence-electron chi connectivity index (χ4n) is 3.45. The predicted octanol–water partition coefficient (Wildman–Crippen LogP) is 1.59. The van der Waals surface area contributed by atoms with E-state index in [0.29, 0.717) is 12.1 Å². The van der Waals surface area contributed by atoms with Crippen molar-refractivity contribution in [3.05, 3.63) is 73.3 Å². The lowest BCUT2D eigenvalue weighted by atomic mass is 9.97. The van der Waals surface area contributed by atoms with Crippen molar-refractivity contribution in [2.24, 2.45) is 0 Å². The molecular formula is C14H4N6O10. The Balaban J connectivity index is 2.54. The lowest BCUT2D eigenvalue weighted by Crippen LogP contribution is -2.17. The Morgan fingerprint density at radius 1 is 0.533 bits per heavy atom. The van der Waals surface area contributed by atoms with Gasteiger partial charge < -0.3 is 9.97 Å². The molecule has 0 saturated carbocycles. The van der Waals surface area contributed by atoms with Gasteiger partial charge in [-0.2, -0.15) is 0 Å². The summed E-state index contributed by atoms with van der Waals surface area (Å²) < 4.78 is 0. The molecule has 0 aliphatic heterocycles. The maximum absolute atomic E-state index is 12.6. The summed E-state index contributed by atoms with van der Waals surface area (Å²) in [5.41, 5.74) is -7.64. The number of hydrogen-bond donors (Lipinski definition) is 2. The smallest absolute Gasteiger partial charge is 0.300 e. The van der Waals surface area contributed by atoms with E-state index < -0.39 is 86.1 Å². The summed E-state index contributed by atoms with van der Waals surface area (Å²) in [6, 6.07) is 0.908. The van der Waals surface area contributed by atoms with Crippen LogP contribution >= 0.6 is 0 Å². The number of pyridine rings is 2. The van der Waals surface area contributed by atoms with Gasteiger partial charge in [0.05, 0.1) is 31.8 Å². The fraction of sp³-hybridized carbons (Fsp3) is 0. The van der Waals surface area contributed by atoms with Crippen LogP contribution in [-0.4, -0.2) is 29.7 Å². The van der Waals surface area contributed by atoms with E-state index >= 15 is 0 Å². The number of nitrogens with one attached hydrogen (secondary N) is 2. The molecule has 2 aromatic carbocycles. The van der Waals surface area contributed by atoms with Crippen molar-refractivity contribution in [1.29, 1.82) is 0 Å². The normalized spacial score (nSPS) is 11.3. The van der Waals surface area contributed by atoms with Gasteiger partial charge in [-0.15, -0.1) is 0 Å². The lowest BCUT2D eigenvalue weighted by molar-refractivity contribution is -0.392. The molecule has 0 aliphatic rings. The van der Waals surface area contributed by atoms with E-state index in [2.05, 4.69) is 0 Å². The first-order chi connectivity index (χ1) is 14.0. The summed E-state index contributed by atoms with van der Waals surface area (Å²) in [4.78, 5) is 70.6. The first-order valence-electron chi connectivity index (χ1n) is 7.67. The largest absolute Gasteiger partial charge is 0.315 e. The van der Waals surface area contributed by atoms with E-state index in [9.17, 15) is 50.0 Å². The summed E-state index contributed by atoms with van der Waals surface area (Å²) in [6.07, 6.45) is 0. The quantitative estimate of drug-likeness (QED) is 0.276. The number of H-pyrrole nitrogens is 2. The van der Waals surface area contributed by atoms with E-state index in [0.717, 1.165) is 0 Å². The lowest BCUT2D eigenvalue weighted by Gasteiger charge is -2.10. The van der Waals surface area contributed by atoms with Crippen LogP contribution in [0.5, 0.6) is 0 Å². The number of benzene rings is 2. The molecule has 0 fully saturated rings. The van der Waals surface area contributed by atoms with Crippen molar-refractivity contribution in [3.63, 3.8) is 0 Å². The molecule has 2 N–H and O–H groups in total. The Kier molecular flexibility index (Phi) is 3.51. The van der Waals surface area contributed by atoms with Gasteiger partial charge in [0.2, 0.25) is 0 Å². The zero-order valence-corrected chi connectivity index (χ0v) is 14.0. The molecule has 0 radical (unpaired) electrons. The minimum Gasteiger partial charge on any atom is -0.315 e. The molecule has 0 spiro atoms. The van der Waals surface area contributed by atoms with Gasteiger partial charge in [-0.3, -0.25) is 50.0 Å². The van der Waals surface area contributed by atoms with E-state index in [1.165, 1.54) is 0 Å². The Morgan fingerprint density at radius 3 is 1.10 bits per heavy atom. The van der Waals surface area contributed by atoms with Crippen molar-refractivity contribution in [2.45, 2.75) is 0 Å². The predicted molar refractivity (Wildman–Crippen MR) is 98.0 cm³/mol. The number of nitrogens with zero attached hydrogens (tertiary/aromatic N) is 4. The minimum absolute atomic E-state index is 0.454. The SMILES string of the molecule is O=c1[nH]c2c([N+](=O)[O-])cc([N+](=O)[O-])c3c(=O)[nH]c4c([N+](=O)[O-])cc([N+](=O)[O-])c1c4c23. The second-order valence-electron chi connectivity index (χ2n) is 6.02. The molecule has 0 unspecified atom stereocenters. The van der Waals surface area contributed by atoms with Gasteiger partial charge in [-0.1, -0.05) is 0 Å². The minimum atomic E-state index is -1.21. The highest BCUT2D eigenvalue weighted by Gasteiger charge is 2.34. The fourth-order valence-corrected chi connectivity index (χ4v) is 3.45. The zero-order valence-electron chi connectivity index (χ0n) is 14.0. The Labute approximate surface area is 159 Å². The van der Waals surface area contributed by atoms with E-state index in [4.69, 9.17) is 0 Å². The molecule has 30 heavy (non-hydrogen) atoms. The second kappa shape index (κ2) is 5.74.